The molecule has 2 saturated heterocycles. The van der Waals surface area contributed by atoms with Crippen molar-refractivity contribution in [3.8, 4) is 0 Å². The zero-order valence-electron chi connectivity index (χ0n) is 12.0. The van der Waals surface area contributed by atoms with Crippen molar-refractivity contribution in [3.05, 3.63) is 0 Å². The van der Waals surface area contributed by atoms with E-state index in [2.05, 4.69) is 26.1 Å². The van der Waals surface area contributed by atoms with E-state index < -0.39 is 0 Å². The molecule has 4 nitrogen and oxygen atoms in total. The predicted octanol–water partition coefficient (Wildman–Crippen LogP) is 1.60. The Morgan fingerprint density at radius 3 is 2.72 bits per heavy atom. The predicted molar refractivity (Wildman–Crippen MR) is 71.1 cm³/mol. The molecular formula is C14H26N2O2. The van der Waals surface area contributed by atoms with E-state index in [1.807, 2.05) is 11.8 Å². The van der Waals surface area contributed by atoms with Crippen molar-refractivity contribution in [3.63, 3.8) is 0 Å². The summed E-state index contributed by atoms with van der Waals surface area (Å²) >= 11 is 0. The van der Waals surface area contributed by atoms with Crippen LogP contribution in [-0.2, 0) is 9.53 Å². The van der Waals surface area contributed by atoms with Crippen molar-refractivity contribution in [1.29, 1.82) is 0 Å². The molecule has 1 amide bonds. The molecule has 2 fully saturated rings. The third-order valence-electron chi connectivity index (χ3n) is 4.13. The molecule has 4 heteroatoms. The summed E-state index contributed by atoms with van der Waals surface area (Å²) in [6.45, 7) is 10.2. The maximum Gasteiger partial charge on any atom is 0.240 e. The Labute approximate surface area is 110 Å². The molecule has 0 radical (unpaired) electrons. The number of amides is 1. The number of ether oxygens (including phenoxy) is 1. The first-order valence-corrected chi connectivity index (χ1v) is 7.17. The lowest BCUT2D eigenvalue weighted by Crippen LogP contribution is -2.42. The van der Waals surface area contributed by atoms with E-state index in [4.69, 9.17) is 4.74 Å². The van der Waals surface area contributed by atoms with Crippen LogP contribution in [0.1, 0.15) is 40.5 Å². The van der Waals surface area contributed by atoms with Gasteiger partial charge in [-0.3, -0.25) is 10.1 Å². The first kappa shape index (κ1) is 13.8. The zero-order chi connectivity index (χ0) is 13.3. The Morgan fingerprint density at radius 1 is 1.44 bits per heavy atom. The lowest BCUT2D eigenvalue weighted by Gasteiger charge is -2.29. The first-order chi connectivity index (χ1) is 8.49. The highest BCUT2D eigenvalue weighted by atomic mass is 16.5. The molecule has 0 spiro atoms. The van der Waals surface area contributed by atoms with E-state index in [1.54, 1.807) is 0 Å². The molecule has 0 saturated carbocycles. The lowest BCUT2D eigenvalue weighted by molar-refractivity contribution is -0.130. The van der Waals surface area contributed by atoms with Gasteiger partial charge in [-0.25, -0.2) is 0 Å². The van der Waals surface area contributed by atoms with Crippen LogP contribution in [0.4, 0.5) is 0 Å². The highest BCUT2D eigenvalue weighted by Crippen LogP contribution is 2.25. The maximum atomic E-state index is 12.2. The molecule has 2 heterocycles. The first-order valence-electron chi connectivity index (χ1n) is 7.17. The van der Waals surface area contributed by atoms with E-state index in [-0.39, 0.29) is 24.2 Å². The largest absolute Gasteiger partial charge is 0.378 e. The molecule has 18 heavy (non-hydrogen) atoms. The van der Waals surface area contributed by atoms with E-state index in [9.17, 15) is 4.79 Å². The van der Waals surface area contributed by atoms with Crippen molar-refractivity contribution in [1.82, 2.24) is 10.2 Å². The second kappa shape index (κ2) is 5.57. The molecule has 0 aliphatic carbocycles. The van der Waals surface area contributed by atoms with Crippen molar-refractivity contribution < 1.29 is 9.53 Å². The van der Waals surface area contributed by atoms with Crippen LogP contribution in [0.5, 0.6) is 0 Å². The average molecular weight is 254 g/mol. The number of rotatable bonds is 4. The summed E-state index contributed by atoms with van der Waals surface area (Å²) in [5.41, 5.74) is 0. The normalized spacial score (nSPS) is 36.9. The Kier molecular flexibility index (Phi) is 4.28. The minimum absolute atomic E-state index is 0.0358. The van der Waals surface area contributed by atoms with Gasteiger partial charge in [-0.1, -0.05) is 13.8 Å². The molecule has 0 aromatic carbocycles. The van der Waals surface area contributed by atoms with Crippen LogP contribution >= 0.6 is 0 Å². The fourth-order valence-electron chi connectivity index (χ4n) is 2.98. The van der Waals surface area contributed by atoms with Gasteiger partial charge in [-0.2, -0.15) is 0 Å². The lowest BCUT2D eigenvalue weighted by atomic mass is 10.0. The minimum Gasteiger partial charge on any atom is -0.378 e. The van der Waals surface area contributed by atoms with Gasteiger partial charge in [0.25, 0.3) is 0 Å². The molecule has 1 N–H and O–H groups in total. The Balaban J connectivity index is 2.00. The van der Waals surface area contributed by atoms with Crippen molar-refractivity contribution in [2.75, 3.05) is 13.2 Å². The van der Waals surface area contributed by atoms with Gasteiger partial charge in [0.05, 0.1) is 18.3 Å². The Hall–Kier alpha value is -0.610. The van der Waals surface area contributed by atoms with Crippen LogP contribution < -0.4 is 5.32 Å². The molecule has 0 bridgehead atoms. The van der Waals surface area contributed by atoms with Gasteiger partial charge < -0.3 is 9.64 Å². The molecule has 4 unspecified atom stereocenters. The summed E-state index contributed by atoms with van der Waals surface area (Å²) in [6, 6.07) is -0.0358. The van der Waals surface area contributed by atoms with Gasteiger partial charge in [-0.15, -0.1) is 0 Å². The van der Waals surface area contributed by atoms with Gasteiger partial charge in [0.1, 0.15) is 0 Å². The number of carbonyl (C=O) groups is 1. The number of carbonyl (C=O) groups excluding carboxylic acids is 1. The fraction of sp³-hybridized carbons (Fsp3) is 0.929. The van der Waals surface area contributed by atoms with Gasteiger partial charge >= 0.3 is 0 Å². The van der Waals surface area contributed by atoms with Crippen molar-refractivity contribution in [2.45, 2.75) is 58.8 Å². The van der Waals surface area contributed by atoms with Crippen LogP contribution in [0, 0.1) is 11.8 Å². The summed E-state index contributed by atoms with van der Waals surface area (Å²) in [5.74, 6) is 1.34. The second-order valence-electron chi connectivity index (χ2n) is 6.15. The Bertz CT molecular complexity index is 306. The quantitative estimate of drug-likeness (QED) is 0.828. The molecule has 0 aromatic rings. The molecule has 2 aliphatic heterocycles. The van der Waals surface area contributed by atoms with Crippen molar-refractivity contribution >= 4 is 5.91 Å². The van der Waals surface area contributed by atoms with E-state index >= 15 is 0 Å². The summed E-state index contributed by atoms with van der Waals surface area (Å²) in [4.78, 5) is 14.3. The molecule has 104 valence electrons. The van der Waals surface area contributed by atoms with Crippen LogP contribution in [0.3, 0.4) is 0 Å². The number of hydrogen-bond acceptors (Lipinski definition) is 3. The average Bonchev–Trinajstić information content (AvgIpc) is 2.78. The summed E-state index contributed by atoms with van der Waals surface area (Å²) < 4.78 is 5.60. The topological polar surface area (TPSA) is 41.6 Å². The summed E-state index contributed by atoms with van der Waals surface area (Å²) in [7, 11) is 0. The standard InChI is InChI=1S/C14H26N2O2/c1-9(2)7-13-15-10(3)14(17)16(13)8-12-5-6-18-11(12)4/h9-13,15H,5-8H2,1-4H3. The Morgan fingerprint density at radius 2 is 2.17 bits per heavy atom. The van der Waals surface area contributed by atoms with Gasteiger partial charge in [0.15, 0.2) is 0 Å². The highest BCUT2D eigenvalue weighted by molar-refractivity contribution is 5.83. The molecule has 0 aromatic heterocycles. The van der Waals surface area contributed by atoms with E-state index in [1.165, 1.54) is 0 Å². The van der Waals surface area contributed by atoms with Gasteiger partial charge in [-0.05, 0) is 32.6 Å². The van der Waals surface area contributed by atoms with Crippen molar-refractivity contribution in [2.24, 2.45) is 11.8 Å². The van der Waals surface area contributed by atoms with E-state index in [0.717, 1.165) is 26.0 Å². The van der Waals surface area contributed by atoms with Crippen LogP contribution in [0.25, 0.3) is 0 Å². The summed E-state index contributed by atoms with van der Waals surface area (Å²) in [5, 5.41) is 3.41. The minimum atomic E-state index is -0.0358. The third kappa shape index (κ3) is 2.86. The van der Waals surface area contributed by atoms with Crippen LogP contribution in [0.15, 0.2) is 0 Å². The zero-order valence-corrected chi connectivity index (χ0v) is 12.0. The highest BCUT2D eigenvalue weighted by Gasteiger charge is 2.39. The van der Waals surface area contributed by atoms with Gasteiger partial charge in [0, 0.05) is 19.1 Å². The molecule has 2 rings (SSSR count). The molecule has 2 aliphatic rings. The number of hydrogen-bond donors (Lipinski definition) is 1. The number of nitrogens with zero attached hydrogens (tertiary/aromatic N) is 1. The fourth-order valence-corrected chi connectivity index (χ4v) is 2.98. The van der Waals surface area contributed by atoms with Gasteiger partial charge in [0.2, 0.25) is 5.91 Å². The van der Waals surface area contributed by atoms with Crippen LogP contribution in [0.2, 0.25) is 0 Å². The smallest absolute Gasteiger partial charge is 0.240 e. The van der Waals surface area contributed by atoms with Crippen LogP contribution in [-0.4, -0.2) is 42.3 Å². The molecular weight excluding hydrogens is 228 g/mol. The monoisotopic (exact) mass is 254 g/mol. The SMILES string of the molecule is CC(C)CC1NC(C)C(=O)N1CC1CCOC1C. The maximum absolute atomic E-state index is 12.2. The second-order valence-corrected chi connectivity index (χ2v) is 6.15. The third-order valence-corrected chi connectivity index (χ3v) is 4.13. The molecule has 4 atom stereocenters. The number of nitrogens with one attached hydrogen (secondary N) is 1. The summed E-state index contributed by atoms with van der Waals surface area (Å²) in [6.07, 6.45) is 2.60. The van der Waals surface area contributed by atoms with E-state index in [0.29, 0.717) is 11.8 Å².